The Kier molecular flexibility index (Phi) is 4.25. The maximum atomic E-state index is 12.4. The van der Waals surface area contributed by atoms with E-state index in [4.69, 9.17) is 0 Å². The molecule has 0 bridgehead atoms. The Morgan fingerprint density at radius 1 is 1.35 bits per heavy atom. The first kappa shape index (κ1) is 16.5. The fourth-order valence-electron chi connectivity index (χ4n) is 3.69. The largest absolute Gasteiger partial charge is 0.355 e. The fourth-order valence-corrected chi connectivity index (χ4v) is 5.33. The number of rotatable bonds is 4. The maximum absolute atomic E-state index is 12.4. The number of amides is 1. The Labute approximate surface area is 138 Å². The van der Waals surface area contributed by atoms with E-state index in [1.165, 1.54) is 11.1 Å². The van der Waals surface area contributed by atoms with Crippen LogP contribution in [0.25, 0.3) is 0 Å². The fraction of sp³-hybridized carbons (Fsp3) is 0.611. The van der Waals surface area contributed by atoms with Gasteiger partial charge in [-0.3, -0.25) is 4.79 Å². The predicted molar refractivity (Wildman–Crippen MR) is 91.0 cm³/mol. The van der Waals surface area contributed by atoms with Crippen molar-refractivity contribution in [1.82, 2.24) is 5.32 Å². The minimum atomic E-state index is -2.86. The molecule has 1 saturated carbocycles. The first-order valence-electron chi connectivity index (χ1n) is 8.36. The van der Waals surface area contributed by atoms with Crippen molar-refractivity contribution in [3.63, 3.8) is 0 Å². The molecular formula is C18H25NO3S. The zero-order chi connectivity index (χ0) is 16.7. The van der Waals surface area contributed by atoms with Crippen LogP contribution in [0.1, 0.15) is 43.2 Å². The highest BCUT2D eigenvalue weighted by Gasteiger charge is 2.59. The van der Waals surface area contributed by atoms with E-state index in [1.807, 2.05) is 6.07 Å². The van der Waals surface area contributed by atoms with Crippen molar-refractivity contribution >= 4 is 15.7 Å². The van der Waals surface area contributed by atoms with Crippen LogP contribution in [0.5, 0.6) is 0 Å². The molecule has 3 rings (SSSR count). The summed E-state index contributed by atoms with van der Waals surface area (Å²) in [4.78, 5) is 12.4. The van der Waals surface area contributed by atoms with E-state index < -0.39 is 9.84 Å². The molecule has 5 heteroatoms. The third-order valence-electron chi connectivity index (χ3n) is 5.52. The third kappa shape index (κ3) is 3.60. The summed E-state index contributed by atoms with van der Waals surface area (Å²) in [6.07, 6.45) is 2.16. The average Bonchev–Trinajstić information content (AvgIpc) is 3.23. The van der Waals surface area contributed by atoms with E-state index in [2.05, 4.69) is 37.4 Å². The normalized spacial score (nSPS) is 25.7. The van der Waals surface area contributed by atoms with E-state index in [-0.39, 0.29) is 34.7 Å². The Bertz CT molecular complexity index is 697. The highest BCUT2D eigenvalue weighted by Crippen LogP contribution is 2.59. The molecule has 1 aliphatic heterocycles. The van der Waals surface area contributed by atoms with Crippen LogP contribution in [0.4, 0.5) is 0 Å². The van der Waals surface area contributed by atoms with Gasteiger partial charge in [-0.05, 0) is 43.1 Å². The SMILES string of the molecule is Cc1cccc([C@@H](C)CNC(=O)[C@@H]2CC23CCS(=O)(=O)CC3)c1. The molecule has 1 amide bonds. The number of carbonyl (C=O) groups excluding carboxylic acids is 1. The van der Waals surface area contributed by atoms with Crippen molar-refractivity contribution in [2.75, 3.05) is 18.1 Å². The van der Waals surface area contributed by atoms with Gasteiger partial charge in [0.25, 0.3) is 0 Å². The molecule has 2 aliphatic rings. The van der Waals surface area contributed by atoms with E-state index in [0.717, 1.165) is 6.42 Å². The predicted octanol–water partition coefficient (Wildman–Crippen LogP) is 2.43. The van der Waals surface area contributed by atoms with Crippen LogP contribution < -0.4 is 5.32 Å². The lowest BCUT2D eigenvalue weighted by molar-refractivity contribution is -0.123. The number of aryl methyl sites for hydroxylation is 1. The molecule has 2 atom stereocenters. The van der Waals surface area contributed by atoms with Gasteiger partial charge in [0.15, 0.2) is 0 Å². The number of hydrogen-bond acceptors (Lipinski definition) is 3. The molecule has 1 heterocycles. The summed E-state index contributed by atoms with van der Waals surface area (Å²) in [7, 11) is -2.86. The van der Waals surface area contributed by atoms with Crippen molar-refractivity contribution < 1.29 is 13.2 Å². The zero-order valence-electron chi connectivity index (χ0n) is 13.8. The number of nitrogens with one attached hydrogen (secondary N) is 1. The van der Waals surface area contributed by atoms with Crippen LogP contribution in [-0.4, -0.2) is 32.4 Å². The van der Waals surface area contributed by atoms with E-state index in [0.29, 0.717) is 19.4 Å². The third-order valence-corrected chi connectivity index (χ3v) is 7.17. The standard InChI is InChI=1S/C18H25NO3S/c1-13-4-3-5-15(10-13)14(2)12-19-17(20)16-11-18(16)6-8-23(21,22)9-7-18/h3-5,10,14,16H,6-9,11-12H2,1-2H3,(H,19,20)/t14-,16-/m0/s1. The first-order valence-corrected chi connectivity index (χ1v) is 10.2. The van der Waals surface area contributed by atoms with Crippen LogP contribution in [0.15, 0.2) is 24.3 Å². The average molecular weight is 335 g/mol. The molecule has 1 aliphatic carbocycles. The van der Waals surface area contributed by atoms with Gasteiger partial charge in [0.05, 0.1) is 11.5 Å². The van der Waals surface area contributed by atoms with Crippen LogP contribution >= 0.6 is 0 Å². The highest BCUT2D eigenvalue weighted by atomic mass is 32.2. The van der Waals surface area contributed by atoms with E-state index in [1.54, 1.807) is 0 Å². The van der Waals surface area contributed by atoms with Crippen LogP contribution in [0, 0.1) is 18.3 Å². The lowest BCUT2D eigenvalue weighted by atomic mass is 9.95. The van der Waals surface area contributed by atoms with Gasteiger partial charge < -0.3 is 5.32 Å². The number of hydrogen-bond donors (Lipinski definition) is 1. The van der Waals surface area contributed by atoms with Crippen molar-refractivity contribution in [3.8, 4) is 0 Å². The maximum Gasteiger partial charge on any atom is 0.223 e. The Balaban J connectivity index is 1.51. The van der Waals surface area contributed by atoms with Gasteiger partial charge in [0.1, 0.15) is 9.84 Å². The van der Waals surface area contributed by atoms with Crippen molar-refractivity contribution in [2.45, 2.75) is 39.0 Å². The van der Waals surface area contributed by atoms with E-state index in [9.17, 15) is 13.2 Å². The Morgan fingerprint density at radius 2 is 2.04 bits per heavy atom. The Morgan fingerprint density at radius 3 is 2.70 bits per heavy atom. The molecule has 1 saturated heterocycles. The van der Waals surface area contributed by atoms with Crippen LogP contribution in [0.3, 0.4) is 0 Å². The number of sulfone groups is 1. The van der Waals surface area contributed by atoms with Crippen molar-refractivity contribution in [1.29, 1.82) is 0 Å². The van der Waals surface area contributed by atoms with Gasteiger partial charge in [-0.1, -0.05) is 36.8 Å². The summed E-state index contributed by atoms with van der Waals surface area (Å²) in [5.74, 6) is 0.888. The molecule has 4 nitrogen and oxygen atoms in total. The molecule has 0 radical (unpaired) electrons. The molecule has 2 fully saturated rings. The van der Waals surface area contributed by atoms with Crippen molar-refractivity contribution in [2.24, 2.45) is 11.3 Å². The summed E-state index contributed by atoms with van der Waals surface area (Å²) in [6, 6.07) is 8.36. The minimum absolute atomic E-state index is 0.0164. The van der Waals surface area contributed by atoms with Gasteiger partial charge in [-0.2, -0.15) is 0 Å². The zero-order valence-corrected chi connectivity index (χ0v) is 14.7. The lowest BCUT2D eigenvalue weighted by Gasteiger charge is -2.22. The van der Waals surface area contributed by atoms with Crippen LogP contribution in [-0.2, 0) is 14.6 Å². The second-order valence-electron chi connectivity index (χ2n) is 7.33. The smallest absolute Gasteiger partial charge is 0.223 e. The van der Waals surface area contributed by atoms with Gasteiger partial charge in [-0.25, -0.2) is 8.42 Å². The summed E-state index contributed by atoms with van der Waals surface area (Å²) in [5, 5.41) is 3.07. The topological polar surface area (TPSA) is 63.2 Å². The molecule has 1 spiro atoms. The van der Waals surface area contributed by atoms with Gasteiger partial charge in [-0.15, -0.1) is 0 Å². The summed E-state index contributed by atoms with van der Waals surface area (Å²) >= 11 is 0. The molecule has 126 valence electrons. The molecule has 0 unspecified atom stereocenters. The monoisotopic (exact) mass is 335 g/mol. The molecule has 0 aromatic heterocycles. The van der Waals surface area contributed by atoms with Crippen molar-refractivity contribution in [3.05, 3.63) is 35.4 Å². The summed E-state index contributed by atoms with van der Waals surface area (Å²) in [6.45, 7) is 4.82. The van der Waals surface area contributed by atoms with Gasteiger partial charge >= 0.3 is 0 Å². The molecule has 1 N–H and O–H groups in total. The highest BCUT2D eigenvalue weighted by molar-refractivity contribution is 7.91. The number of benzene rings is 1. The van der Waals surface area contributed by atoms with E-state index >= 15 is 0 Å². The quantitative estimate of drug-likeness (QED) is 0.919. The van der Waals surface area contributed by atoms with Gasteiger partial charge in [0, 0.05) is 12.5 Å². The second-order valence-corrected chi connectivity index (χ2v) is 9.63. The lowest BCUT2D eigenvalue weighted by Crippen LogP contribution is -2.33. The summed E-state index contributed by atoms with van der Waals surface area (Å²) in [5.41, 5.74) is 2.44. The molecule has 23 heavy (non-hydrogen) atoms. The summed E-state index contributed by atoms with van der Waals surface area (Å²) < 4.78 is 23.1. The number of carbonyl (C=O) groups is 1. The Hall–Kier alpha value is -1.36. The van der Waals surface area contributed by atoms with Gasteiger partial charge in [0.2, 0.25) is 5.91 Å². The minimum Gasteiger partial charge on any atom is -0.355 e. The molecular weight excluding hydrogens is 310 g/mol. The molecule has 1 aromatic rings. The molecule has 1 aromatic carbocycles. The second kappa shape index (κ2) is 5.93. The van der Waals surface area contributed by atoms with Crippen LogP contribution in [0.2, 0.25) is 0 Å². The first-order chi connectivity index (χ1) is 10.8.